The summed E-state index contributed by atoms with van der Waals surface area (Å²) in [6.45, 7) is 0. The van der Waals surface area contributed by atoms with Crippen LogP contribution >= 0.6 is 11.8 Å². The first-order valence-electron chi connectivity index (χ1n) is 8.45. The number of carbonyl (C=O) groups is 1. The molecule has 2 aromatic carbocycles. The molecule has 26 heavy (non-hydrogen) atoms. The lowest BCUT2D eigenvalue weighted by molar-refractivity contribution is -0.116. The summed E-state index contributed by atoms with van der Waals surface area (Å²) in [5, 5.41) is 3.35. The zero-order valence-corrected chi connectivity index (χ0v) is 14.5. The Labute approximate surface area is 154 Å². The lowest BCUT2D eigenvalue weighted by Gasteiger charge is -2.29. The van der Waals surface area contributed by atoms with Gasteiger partial charge in [0.2, 0.25) is 0 Å². The molecule has 0 saturated heterocycles. The van der Waals surface area contributed by atoms with E-state index in [-0.39, 0.29) is 16.9 Å². The summed E-state index contributed by atoms with van der Waals surface area (Å²) in [5.41, 5.74) is 2.82. The third-order valence-corrected chi connectivity index (χ3v) is 6.10. The molecule has 1 aliphatic carbocycles. The third-order valence-electron chi connectivity index (χ3n) is 4.99. The maximum absolute atomic E-state index is 14.5. The number of allylic oxidation sites excluding steroid dienone is 5. The van der Waals surface area contributed by atoms with Gasteiger partial charge in [-0.15, -0.1) is 11.8 Å². The van der Waals surface area contributed by atoms with Gasteiger partial charge < -0.3 is 0 Å². The van der Waals surface area contributed by atoms with Gasteiger partial charge in [0.1, 0.15) is 5.82 Å². The van der Waals surface area contributed by atoms with Gasteiger partial charge in [-0.3, -0.25) is 4.79 Å². The number of carbonyl (C=O) groups excluding carboxylic acids is 1. The molecule has 3 aliphatic rings. The molecule has 5 rings (SSSR count). The predicted octanol–water partition coefficient (Wildman–Crippen LogP) is 3.62. The fourth-order valence-corrected chi connectivity index (χ4v) is 4.96. The summed E-state index contributed by atoms with van der Waals surface area (Å²) in [4.78, 5) is 18.2. The molecule has 0 fully saturated rings. The first-order valence-corrected chi connectivity index (χ1v) is 9.39. The van der Waals surface area contributed by atoms with Crippen molar-refractivity contribution in [2.45, 2.75) is 5.25 Å². The monoisotopic (exact) mass is 359 g/mol. The van der Waals surface area contributed by atoms with Gasteiger partial charge in [-0.25, -0.2) is 9.38 Å². The first-order chi connectivity index (χ1) is 12.7. The average Bonchev–Trinajstić information content (AvgIpc) is 2.97. The van der Waals surface area contributed by atoms with Gasteiger partial charge in [0, 0.05) is 10.8 Å². The number of fused-ring (bicyclic) bond motifs is 3. The molecule has 2 aromatic rings. The zero-order valence-electron chi connectivity index (χ0n) is 13.7. The summed E-state index contributed by atoms with van der Waals surface area (Å²) in [6.07, 6.45) is 5.81. The maximum Gasteiger partial charge on any atom is 0.174 e. The molecule has 0 bridgehead atoms. The van der Waals surface area contributed by atoms with Gasteiger partial charge in [-0.1, -0.05) is 48.6 Å². The highest BCUT2D eigenvalue weighted by atomic mass is 32.2. The zero-order chi connectivity index (χ0) is 17.7. The van der Waals surface area contributed by atoms with Crippen molar-refractivity contribution >= 4 is 23.1 Å². The number of hydrogen-bond acceptors (Lipinski definition) is 3. The Kier molecular flexibility index (Phi) is 3.54. The molecule has 2 aliphatic heterocycles. The van der Waals surface area contributed by atoms with Gasteiger partial charge in [0.15, 0.2) is 5.78 Å². The number of nitrogens with zero attached hydrogens (tertiary/aromatic N) is 1. The highest BCUT2D eigenvalue weighted by molar-refractivity contribution is 8.02. The molecule has 2 atom stereocenters. The van der Waals surface area contributed by atoms with Crippen molar-refractivity contribution in [1.29, 1.82) is 0 Å². The van der Waals surface area contributed by atoms with Crippen LogP contribution in [0.25, 0.3) is 5.57 Å². The fraction of sp³-hybridized carbons (Fsp3) is 0.0909. The van der Waals surface area contributed by atoms with Crippen molar-refractivity contribution in [2.75, 3.05) is 0 Å². The van der Waals surface area contributed by atoms with E-state index in [1.165, 1.54) is 17.8 Å². The summed E-state index contributed by atoms with van der Waals surface area (Å²) >= 11 is 1.50. The molecule has 0 aromatic heterocycles. The Morgan fingerprint density at radius 1 is 1.00 bits per heavy atom. The van der Waals surface area contributed by atoms with E-state index in [1.807, 2.05) is 54.0 Å². The smallest absolute Gasteiger partial charge is 0.174 e. The second-order valence-corrected chi connectivity index (χ2v) is 7.50. The molecular weight excluding hydrogens is 345 g/mol. The first kappa shape index (κ1) is 15.5. The minimum Gasteiger partial charge on any atom is -0.293 e. The summed E-state index contributed by atoms with van der Waals surface area (Å²) in [5.74, 6) is -0.683. The number of hydrogen-bond donors (Lipinski definition) is 0. The fourth-order valence-electron chi connectivity index (χ4n) is 3.78. The maximum atomic E-state index is 14.5. The molecule has 2 unspecified atom stereocenters. The van der Waals surface area contributed by atoms with Gasteiger partial charge in [-0.2, -0.15) is 0 Å². The predicted molar refractivity (Wildman–Crippen MR) is 101 cm³/mol. The summed E-state index contributed by atoms with van der Waals surface area (Å²) < 4.78 is 14.5. The minimum absolute atomic E-state index is 0.0128. The number of para-hydroxylation sites is 1. The van der Waals surface area contributed by atoms with Crippen LogP contribution in [0.15, 0.2) is 88.4 Å². The Morgan fingerprint density at radius 3 is 2.69 bits per heavy atom. The summed E-state index contributed by atoms with van der Waals surface area (Å²) in [7, 11) is 0. The molecule has 2 nitrogen and oxygen atoms in total. The number of Topliss-reactive ketones (excluding diaryl/α,β-unsaturated/α-hetero) is 1. The van der Waals surface area contributed by atoms with Crippen LogP contribution in [0.3, 0.4) is 0 Å². The Hall–Kier alpha value is -2.72. The van der Waals surface area contributed by atoms with E-state index in [0.717, 1.165) is 16.1 Å². The van der Waals surface area contributed by atoms with Crippen LogP contribution in [0.2, 0.25) is 0 Å². The quantitative estimate of drug-likeness (QED) is 0.778. The summed E-state index contributed by atoms with van der Waals surface area (Å²) in [6, 6.07) is 14.4. The highest BCUT2D eigenvalue weighted by Gasteiger charge is 2.39. The molecule has 0 spiro atoms. The molecule has 0 saturated carbocycles. The molecule has 0 N–H and O–H groups in total. The van der Waals surface area contributed by atoms with Crippen molar-refractivity contribution in [1.82, 2.24) is 0 Å². The SMILES string of the molecule is O=C1C2=c3ccccc3=NC2=CC=C2C=CSC(c3ccccc3F)C12. The van der Waals surface area contributed by atoms with Crippen molar-refractivity contribution in [3.8, 4) is 0 Å². The normalized spacial score (nSPS) is 23.3. The number of halogens is 1. The van der Waals surface area contributed by atoms with Crippen molar-refractivity contribution < 1.29 is 9.18 Å². The minimum atomic E-state index is -0.424. The van der Waals surface area contributed by atoms with E-state index in [2.05, 4.69) is 4.99 Å². The van der Waals surface area contributed by atoms with Crippen LogP contribution in [-0.2, 0) is 4.79 Å². The number of rotatable bonds is 1. The van der Waals surface area contributed by atoms with Crippen molar-refractivity contribution in [3.63, 3.8) is 0 Å². The van der Waals surface area contributed by atoms with Gasteiger partial charge in [-0.05, 0) is 29.2 Å². The molecule has 0 radical (unpaired) electrons. The van der Waals surface area contributed by atoms with Crippen LogP contribution in [-0.4, -0.2) is 5.78 Å². The molecule has 0 amide bonds. The second-order valence-electron chi connectivity index (χ2n) is 6.45. The van der Waals surface area contributed by atoms with E-state index < -0.39 is 5.92 Å². The lowest BCUT2D eigenvalue weighted by Crippen LogP contribution is -2.30. The molecule has 2 heterocycles. The number of thioether (sulfide) groups is 1. The number of benzene rings is 2. The third kappa shape index (κ3) is 2.26. The van der Waals surface area contributed by atoms with Gasteiger partial charge in [0.25, 0.3) is 0 Å². The van der Waals surface area contributed by atoms with Gasteiger partial charge >= 0.3 is 0 Å². The van der Waals surface area contributed by atoms with Crippen LogP contribution < -0.4 is 10.6 Å². The van der Waals surface area contributed by atoms with E-state index >= 15 is 0 Å². The van der Waals surface area contributed by atoms with Crippen molar-refractivity contribution in [2.24, 2.45) is 10.9 Å². The van der Waals surface area contributed by atoms with E-state index in [0.29, 0.717) is 16.8 Å². The van der Waals surface area contributed by atoms with Crippen LogP contribution in [0.5, 0.6) is 0 Å². The van der Waals surface area contributed by atoms with E-state index in [4.69, 9.17) is 0 Å². The molecule has 126 valence electrons. The van der Waals surface area contributed by atoms with Crippen LogP contribution in [0, 0.1) is 11.7 Å². The standard InChI is InChI=1S/C22H14FNOS/c23-16-7-3-1-5-14(16)22-19-13(11-12-26-22)9-10-18-20(21(19)25)15-6-2-4-8-17(15)24-18/h1-12,19,22H. The Balaban J connectivity index is 1.72. The molecular formula is C22H14FNOS. The van der Waals surface area contributed by atoms with Crippen molar-refractivity contribution in [3.05, 3.63) is 105 Å². The van der Waals surface area contributed by atoms with Crippen LogP contribution in [0.1, 0.15) is 10.8 Å². The highest BCUT2D eigenvalue weighted by Crippen LogP contribution is 2.48. The largest absolute Gasteiger partial charge is 0.293 e. The Bertz CT molecular complexity index is 1160. The number of ketones is 1. The van der Waals surface area contributed by atoms with E-state index in [1.54, 1.807) is 12.1 Å². The van der Waals surface area contributed by atoms with E-state index in [9.17, 15) is 9.18 Å². The second kappa shape index (κ2) is 5.92. The molecule has 4 heteroatoms. The van der Waals surface area contributed by atoms with Crippen LogP contribution in [0.4, 0.5) is 4.39 Å². The van der Waals surface area contributed by atoms with Gasteiger partial charge in [0.05, 0.1) is 27.8 Å². The Morgan fingerprint density at radius 2 is 1.81 bits per heavy atom. The lowest BCUT2D eigenvalue weighted by atomic mass is 9.84. The topological polar surface area (TPSA) is 29.4 Å². The average molecular weight is 359 g/mol.